The van der Waals surface area contributed by atoms with Gasteiger partial charge in [-0.1, -0.05) is 24.3 Å². The topological polar surface area (TPSA) is 35.2 Å². The minimum atomic E-state index is -0.271. The van der Waals surface area contributed by atoms with E-state index in [-0.39, 0.29) is 5.82 Å². The van der Waals surface area contributed by atoms with Gasteiger partial charge in [0.1, 0.15) is 17.3 Å². The van der Waals surface area contributed by atoms with E-state index in [2.05, 4.69) is 0 Å². The largest absolute Gasteiger partial charge is 0.457 e. The van der Waals surface area contributed by atoms with Crippen LogP contribution in [-0.4, -0.2) is 0 Å². The zero-order valence-electron chi connectivity index (χ0n) is 9.61. The Bertz CT molecular complexity index is 525. The molecule has 3 heteroatoms. The third-order valence-corrected chi connectivity index (χ3v) is 2.56. The molecular formula is C14H14FNO. The molecule has 88 valence electrons. The second-order valence-electron chi connectivity index (χ2n) is 3.82. The summed E-state index contributed by atoms with van der Waals surface area (Å²) in [6.07, 6.45) is 0. The maximum absolute atomic E-state index is 13.4. The summed E-state index contributed by atoms with van der Waals surface area (Å²) in [7, 11) is 0. The summed E-state index contributed by atoms with van der Waals surface area (Å²) in [5, 5.41) is 0. The molecule has 0 aromatic heterocycles. The van der Waals surface area contributed by atoms with E-state index in [1.807, 2.05) is 24.3 Å². The highest BCUT2D eigenvalue weighted by atomic mass is 19.1. The smallest absolute Gasteiger partial charge is 0.131 e. The first kappa shape index (κ1) is 11.6. The van der Waals surface area contributed by atoms with Crippen molar-refractivity contribution < 1.29 is 9.13 Å². The van der Waals surface area contributed by atoms with Gasteiger partial charge in [-0.2, -0.15) is 0 Å². The number of ether oxygens (including phenoxy) is 1. The van der Waals surface area contributed by atoms with Gasteiger partial charge in [-0.3, -0.25) is 0 Å². The lowest BCUT2D eigenvalue weighted by Gasteiger charge is -2.10. The second kappa shape index (κ2) is 4.97. The molecule has 2 nitrogen and oxygen atoms in total. The van der Waals surface area contributed by atoms with Gasteiger partial charge in [-0.25, -0.2) is 4.39 Å². The number of para-hydroxylation sites is 1. The molecule has 0 aliphatic carbocycles. The van der Waals surface area contributed by atoms with Crippen molar-refractivity contribution in [2.24, 2.45) is 5.73 Å². The highest BCUT2D eigenvalue weighted by Crippen LogP contribution is 2.26. The summed E-state index contributed by atoms with van der Waals surface area (Å²) in [4.78, 5) is 0. The lowest BCUT2D eigenvalue weighted by molar-refractivity contribution is 0.470. The average Bonchev–Trinajstić information content (AvgIpc) is 2.34. The van der Waals surface area contributed by atoms with E-state index in [1.165, 1.54) is 6.07 Å². The van der Waals surface area contributed by atoms with Crippen LogP contribution in [0.2, 0.25) is 0 Å². The van der Waals surface area contributed by atoms with Gasteiger partial charge in [0, 0.05) is 18.2 Å². The van der Waals surface area contributed by atoms with E-state index < -0.39 is 0 Å². The molecule has 0 spiro atoms. The van der Waals surface area contributed by atoms with Crippen molar-refractivity contribution in [3.8, 4) is 11.5 Å². The standard InChI is InChI=1S/C14H14FNO/c1-10-6-7-12(8-13(10)15)17-14-5-3-2-4-11(14)9-16/h2-8H,9,16H2,1H3. The van der Waals surface area contributed by atoms with E-state index in [1.54, 1.807) is 19.1 Å². The molecule has 0 heterocycles. The van der Waals surface area contributed by atoms with Crippen LogP contribution in [0.5, 0.6) is 11.5 Å². The highest BCUT2D eigenvalue weighted by molar-refractivity contribution is 5.38. The number of hydrogen-bond acceptors (Lipinski definition) is 2. The quantitative estimate of drug-likeness (QED) is 0.878. The third-order valence-electron chi connectivity index (χ3n) is 2.56. The van der Waals surface area contributed by atoms with Crippen molar-refractivity contribution in [2.45, 2.75) is 13.5 Å². The zero-order valence-corrected chi connectivity index (χ0v) is 9.61. The van der Waals surface area contributed by atoms with Crippen LogP contribution >= 0.6 is 0 Å². The van der Waals surface area contributed by atoms with Crippen molar-refractivity contribution in [3.63, 3.8) is 0 Å². The van der Waals surface area contributed by atoms with E-state index in [0.29, 0.717) is 23.6 Å². The van der Waals surface area contributed by atoms with Crippen LogP contribution in [0.15, 0.2) is 42.5 Å². The average molecular weight is 231 g/mol. The fourth-order valence-electron chi connectivity index (χ4n) is 1.54. The molecular weight excluding hydrogens is 217 g/mol. The van der Waals surface area contributed by atoms with E-state index in [0.717, 1.165) is 5.56 Å². The van der Waals surface area contributed by atoms with Gasteiger partial charge in [0.15, 0.2) is 0 Å². The van der Waals surface area contributed by atoms with Crippen LogP contribution < -0.4 is 10.5 Å². The zero-order chi connectivity index (χ0) is 12.3. The minimum Gasteiger partial charge on any atom is -0.457 e. The molecule has 0 saturated heterocycles. The molecule has 0 aliphatic rings. The molecule has 0 radical (unpaired) electrons. The van der Waals surface area contributed by atoms with Crippen LogP contribution in [0, 0.1) is 12.7 Å². The van der Waals surface area contributed by atoms with Crippen LogP contribution in [-0.2, 0) is 6.54 Å². The van der Waals surface area contributed by atoms with E-state index in [4.69, 9.17) is 10.5 Å². The number of benzene rings is 2. The summed E-state index contributed by atoms with van der Waals surface area (Å²) < 4.78 is 19.0. The summed E-state index contributed by atoms with van der Waals surface area (Å²) in [5.41, 5.74) is 7.10. The normalized spacial score (nSPS) is 10.3. The molecule has 2 aromatic rings. The van der Waals surface area contributed by atoms with Crippen molar-refractivity contribution >= 4 is 0 Å². The number of hydrogen-bond donors (Lipinski definition) is 1. The Morgan fingerprint density at radius 1 is 1.18 bits per heavy atom. The predicted octanol–water partition coefficient (Wildman–Crippen LogP) is 3.39. The lowest BCUT2D eigenvalue weighted by Crippen LogP contribution is -1.99. The molecule has 0 aliphatic heterocycles. The summed E-state index contributed by atoms with van der Waals surface area (Å²) in [6.45, 7) is 2.11. The molecule has 2 aromatic carbocycles. The van der Waals surface area contributed by atoms with Gasteiger partial charge in [0.05, 0.1) is 0 Å². The number of halogens is 1. The van der Waals surface area contributed by atoms with Crippen molar-refractivity contribution in [2.75, 3.05) is 0 Å². The second-order valence-corrected chi connectivity index (χ2v) is 3.82. The molecule has 0 bridgehead atoms. The van der Waals surface area contributed by atoms with E-state index >= 15 is 0 Å². The summed E-state index contributed by atoms with van der Waals surface area (Å²) in [6, 6.07) is 12.3. The van der Waals surface area contributed by atoms with Crippen molar-refractivity contribution in [3.05, 3.63) is 59.4 Å². The number of aryl methyl sites for hydroxylation is 1. The monoisotopic (exact) mass is 231 g/mol. The SMILES string of the molecule is Cc1ccc(Oc2ccccc2CN)cc1F. The Hall–Kier alpha value is -1.87. The molecule has 0 fully saturated rings. The Labute approximate surface area is 99.8 Å². The Kier molecular flexibility index (Phi) is 3.40. The van der Waals surface area contributed by atoms with Gasteiger partial charge < -0.3 is 10.5 Å². The first-order valence-electron chi connectivity index (χ1n) is 5.42. The molecule has 2 rings (SSSR count). The van der Waals surface area contributed by atoms with Gasteiger partial charge in [-0.15, -0.1) is 0 Å². The van der Waals surface area contributed by atoms with Crippen LogP contribution in [0.1, 0.15) is 11.1 Å². The molecule has 0 amide bonds. The van der Waals surface area contributed by atoms with Gasteiger partial charge >= 0.3 is 0 Å². The number of nitrogens with two attached hydrogens (primary N) is 1. The Balaban J connectivity index is 2.28. The fourth-order valence-corrected chi connectivity index (χ4v) is 1.54. The summed E-state index contributed by atoms with van der Waals surface area (Å²) >= 11 is 0. The highest BCUT2D eigenvalue weighted by Gasteiger charge is 2.04. The molecule has 2 N–H and O–H groups in total. The first-order chi connectivity index (χ1) is 8.20. The molecule has 0 atom stereocenters. The van der Waals surface area contributed by atoms with Gasteiger partial charge in [0.25, 0.3) is 0 Å². The van der Waals surface area contributed by atoms with Crippen LogP contribution in [0.3, 0.4) is 0 Å². The minimum absolute atomic E-state index is 0.271. The third kappa shape index (κ3) is 2.63. The van der Waals surface area contributed by atoms with Gasteiger partial charge in [-0.05, 0) is 24.6 Å². The van der Waals surface area contributed by atoms with Crippen molar-refractivity contribution in [1.29, 1.82) is 0 Å². The molecule has 0 unspecified atom stereocenters. The van der Waals surface area contributed by atoms with Gasteiger partial charge in [0.2, 0.25) is 0 Å². The Morgan fingerprint density at radius 3 is 2.65 bits per heavy atom. The maximum Gasteiger partial charge on any atom is 0.131 e. The maximum atomic E-state index is 13.4. The van der Waals surface area contributed by atoms with E-state index in [9.17, 15) is 4.39 Å². The number of rotatable bonds is 3. The molecule has 0 saturated carbocycles. The predicted molar refractivity (Wildman–Crippen MR) is 65.5 cm³/mol. The fraction of sp³-hybridized carbons (Fsp3) is 0.143. The van der Waals surface area contributed by atoms with Crippen LogP contribution in [0.4, 0.5) is 4.39 Å². The molecule has 17 heavy (non-hydrogen) atoms. The van der Waals surface area contributed by atoms with Crippen molar-refractivity contribution in [1.82, 2.24) is 0 Å². The van der Waals surface area contributed by atoms with Crippen LogP contribution in [0.25, 0.3) is 0 Å². The summed E-state index contributed by atoms with van der Waals surface area (Å²) in [5.74, 6) is 0.875. The first-order valence-corrected chi connectivity index (χ1v) is 5.42. The Morgan fingerprint density at radius 2 is 1.94 bits per heavy atom. The lowest BCUT2D eigenvalue weighted by atomic mass is 10.2.